The van der Waals surface area contributed by atoms with E-state index < -0.39 is 39.6 Å². The standard InChI is InChI=1S/C29H31ClF4N2O4S/c30-19-7-16(14-29(32,33)34)8-22(10-19)40-23-11-20-3-4-21(12-23)36(20)15-18-9-27(31)26(13-25(18)17-1-2-17)28(37)35-41(38,39)24-5-6-24/h7-10,13,17,20-21,23-24H,1-6,11-12,14-15H2,(H,35,37)/t20-,21+,23+. The second kappa shape index (κ2) is 10.7. The minimum Gasteiger partial charge on any atom is -0.490 e. The predicted octanol–water partition coefficient (Wildman–Crippen LogP) is 6.26. The van der Waals surface area contributed by atoms with E-state index in [0.717, 1.165) is 36.8 Å². The molecule has 2 bridgehead atoms. The molecule has 6 rings (SSSR count). The average Bonchev–Trinajstić information content (AvgIpc) is 3.75. The molecule has 4 aliphatic rings. The van der Waals surface area contributed by atoms with Crippen LogP contribution in [0.3, 0.4) is 0 Å². The highest BCUT2D eigenvalue weighted by atomic mass is 35.5. The van der Waals surface area contributed by atoms with Gasteiger partial charge in [-0.25, -0.2) is 17.5 Å². The number of fused-ring (bicyclic) bond motifs is 2. The number of benzene rings is 2. The molecule has 6 nitrogen and oxygen atoms in total. The molecule has 2 saturated carbocycles. The minimum atomic E-state index is -4.35. The molecular weight excluding hydrogens is 584 g/mol. The van der Waals surface area contributed by atoms with Crippen LogP contribution in [-0.2, 0) is 23.0 Å². The number of alkyl halides is 3. The van der Waals surface area contributed by atoms with Gasteiger partial charge in [-0.2, -0.15) is 13.2 Å². The molecule has 2 aliphatic carbocycles. The summed E-state index contributed by atoms with van der Waals surface area (Å²) in [5.74, 6) is -1.14. The van der Waals surface area contributed by atoms with Crippen molar-refractivity contribution in [1.29, 1.82) is 0 Å². The molecule has 2 heterocycles. The van der Waals surface area contributed by atoms with Crippen LogP contribution in [0.2, 0.25) is 5.02 Å². The third-order valence-electron chi connectivity index (χ3n) is 8.52. The third kappa shape index (κ3) is 6.67. The lowest BCUT2D eigenvalue weighted by atomic mass is 9.95. The molecule has 0 spiro atoms. The highest BCUT2D eigenvalue weighted by Crippen LogP contribution is 2.45. The molecule has 1 N–H and O–H groups in total. The summed E-state index contributed by atoms with van der Waals surface area (Å²) in [5.41, 5.74) is 1.49. The van der Waals surface area contributed by atoms with E-state index >= 15 is 4.39 Å². The summed E-state index contributed by atoms with van der Waals surface area (Å²) in [5, 5.41) is -0.390. The van der Waals surface area contributed by atoms with Crippen molar-refractivity contribution >= 4 is 27.5 Å². The van der Waals surface area contributed by atoms with Crippen LogP contribution >= 0.6 is 11.6 Å². The lowest BCUT2D eigenvalue weighted by molar-refractivity contribution is -0.127. The van der Waals surface area contributed by atoms with Gasteiger partial charge in [-0.1, -0.05) is 11.6 Å². The smallest absolute Gasteiger partial charge is 0.393 e. The van der Waals surface area contributed by atoms with Crippen LogP contribution in [-0.4, -0.2) is 48.8 Å². The van der Waals surface area contributed by atoms with Gasteiger partial charge in [0.1, 0.15) is 17.7 Å². The summed E-state index contributed by atoms with van der Waals surface area (Å²) in [7, 11) is -3.79. The molecule has 3 atom stereocenters. The molecule has 4 fully saturated rings. The van der Waals surface area contributed by atoms with Gasteiger partial charge in [0.2, 0.25) is 10.0 Å². The fourth-order valence-electron chi connectivity index (χ4n) is 6.35. The molecule has 0 unspecified atom stereocenters. The molecule has 41 heavy (non-hydrogen) atoms. The Hall–Kier alpha value is -2.37. The van der Waals surface area contributed by atoms with Crippen molar-refractivity contribution < 1.29 is 35.5 Å². The number of carbonyl (C=O) groups excluding carboxylic acids is 1. The quantitative estimate of drug-likeness (QED) is 0.338. The molecule has 12 heteroatoms. The van der Waals surface area contributed by atoms with Gasteiger partial charge in [-0.3, -0.25) is 9.69 Å². The first kappa shape index (κ1) is 28.7. The maximum atomic E-state index is 15.2. The lowest BCUT2D eigenvalue weighted by Crippen LogP contribution is -2.45. The van der Waals surface area contributed by atoms with Gasteiger partial charge in [0.25, 0.3) is 5.91 Å². The Morgan fingerprint density at radius 3 is 2.29 bits per heavy atom. The fraction of sp³-hybridized carbons (Fsp3) is 0.552. The van der Waals surface area contributed by atoms with E-state index in [0.29, 0.717) is 38.0 Å². The van der Waals surface area contributed by atoms with Crippen LogP contribution < -0.4 is 9.46 Å². The highest BCUT2D eigenvalue weighted by molar-refractivity contribution is 7.91. The Morgan fingerprint density at radius 2 is 1.68 bits per heavy atom. The van der Waals surface area contributed by atoms with Crippen LogP contribution in [0.4, 0.5) is 17.6 Å². The zero-order valence-electron chi connectivity index (χ0n) is 22.2. The van der Waals surface area contributed by atoms with Crippen molar-refractivity contribution in [3.05, 3.63) is 63.4 Å². The van der Waals surface area contributed by atoms with Crippen molar-refractivity contribution in [2.24, 2.45) is 0 Å². The lowest BCUT2D eigenvalue weighted by Gasteiger charge is -2.39. The number of hydrogen-bond acceptors (Lipinski definition) is 5. The molecule has 2 saturated heterocycles. The second-order valence-electron chi connectivity index (χ2n) is 11.8. The number of ether oxygens (including phenoxy) is 1. The first-order valence-corrected chi connectivity index (χ1v) is 15.9. The summed E-state index contributed by atoms with van der Waals surface area (Å²) in [6, 6.07) is 7.45. The van der Waals surface area contributed by atoms with E-state index in [2.05, 4.69) is 4.90 Å². The largest absolute Gasteiger partial charge is 0.490 e. The van der Waals surface area contributed by atoms with Crippen molar-refractivity contribution in [2.45, 2.75) is 99.9 Å². The number of sulfonamides is 1. The number of rotatable bonds is 9. The zero-order valence-corrected chi connectivity index (χ0v) is 23.8. The number of hydrogen-bond donors (Lipinski definition) is 1. The number of piperidine rings is 1. The summed E-state index contributed by atoms with van der Waals surface area (Å²) >= 11 is 6.08. The maximum absolute atomic E-state index is 15.2. The van der Waals surface area contributed by atoms with Gasteiger partial charge < -0.3 is 4.74 Å². The van der Waals surface area contributed by atoms with Gasteiger partial charge in [-0.05, 0) is 104 Å². The van der Waals surface area contributed by atoms with E-state index in [9.17, 15) is 26.4 Å². The van der Waals surface area contributed by atoms with Crippen LogP contribution in [0, 0.1) is 5.82 Å². The third-order valence-corrected chi connectivity index (χ3v) is 10.6. The monoisotopic (exact) mass is 614 g/mol. The Bertz CT molecular complexity index is 1450. The number of nitrogens with one attached hydrogen (secondary N) is 1. The molecular formula is C29H31ClF4N2O4S. The molecule has 1 amide bonds. The van der Waals surface area contributed by atoms with E-state index in [4.69, 9.17) is 16.3 Å². The maximum Gasteiger partial charge on any atom is 0.393 e. The minimum absolute atomic E-state index is 0.0531. The Labute approximate surface area is 241 Å². The van der Waals surface area contributed by atoms with Crippen LogP contribution in [0.1, 0.15) is 84.3 Å². The normalized spacial score (nSPS) is 24.9. The summed E-state index contributed by atoms with van der Waals surface area (Å²) in [4.78, 5) is 15.0. The predicted molar refractivity (Wildman–Crippen MR) is 145 cm³/mol. The highest BCUT2D eigenvalue weighted by Gasteiger charge is 2.43. The molecule has 222 valence electrons. The second-order valence-corrected chi connectivity index (χ2v) is 14.2. The van der Waals surface area contributed by atoms with Gasteiger partial charge >= 0.3 is 6.18 Å². The van der Waals surface area contributed by atoms with Crippen molar-refractivity contribution in [3.63, 3.8) is 0 Å². The van der Waals surface area contributed by atoms with Crippen LogP contribution in [0.25, 0.3) is 0 Å². The number of halogens is 5. The topological polar surface area (TPSA) is 75.7 Å². The molecule has 0 radical (unpaired) electrons. The molecule has 2 aliphatic heterocycles. The molecule has 0 aromatic heterocycles. The first-order chi connectivity index (χ1) is 19.3. The van der Waals surface area contributed by atoms with Gasteiger partial charge in [0.05, 0.1) is 17.2 Å². The van der Waals surface area contributed by atoms with Crippen molar-refractivity contribution in [1.82, 2.24) is 9.62 Å². The van der Waals surface area contributed by atoms with E-state index in [1.54, 1.807) is 0 Å². The van der Waals surface area contributed by atoms with E-state index in [1.165, 1.54) is 30.3 Å². The summed E-state index contributed by atoms with van der Waals surface area (Å²) in [6.45, 7) is 0.500. The number of nitrogens with zero attached hydrogens (tertiary/aromatic N) is 1. The SMILES string of the molecule is O=C(NS(=O)(=O)C1CC1)c1cc(C2CC2)c(CN2[C@@H]3CC[C@H]2C[C@@H](Oc2cc(Cl)cc(CC(F)(F)F)c2)C3)cc1F. The van der Waals surface area contributed by atoms with Crippen LogP contribution in [0.5, 0.6) is 5.75 Å². The van der Waals surface area contributed by atoms with E-state index in [1.807, 2.05) is 4.72 Å². The molecule has 2 aromatic carbocycles. The zero-order chi connectivity index (χ0) is 29.1. The Morgan fingerprint density at radius 1 is 1.00 bits per heavy atom. The van der Waals surface area contributed by atoms with Crippen LogP contribution in [0.15, 0.2) is 30.3 Å². The number of amides is 1. The average molecular weight is 615 g/mol. The number of carbonyl (C=O) groups is 1. The fourth-order valence-corrected chi connectivity index (χ4v) is 7.89. The van der Waals surface area contributed by atoms with Crippen molar-refractivity contribution in [3.8, 4) is 5.75 Å². The molecule has 2 aromatic rings. The summed E-state index contributed by atoms with van der Waals surface area (Å²) in [6.07, 6.45) is 0.472. The summed E-state index contributed by atoms with van der Waals surface area (Å²) < 4.78 is 86.6. The first-order valence-electron chi connectivity index (χ1n) is 14.0. The van der Waals surface area contributed by atoms with Crippen molar-refractivity contribution in [2.75, 3.05) is 0 Å². The van der Waals surface area contributed by atoms with Gasteiger partial charge in [0.15, 0.2) is 0 Å². The Balaban J connectivity index is 1.15. The van der Waals surface area contributed by atoms with E-state index in [-0.39, 0.29) is 40.3 Å². The van der Waals surface area contributed by atoms with Gasteiger partial charge in [-0.15, -0.1) is 0 Å². The Kier molecular flexibility index (Phi) is 7.51. The van der Waals surface area contributed by atoms with Gasteiger partial charge in [0, 0.05) is 23.7 Å².